The fraction of sp³-hybridized carbons (Fsp3) is 0.222. The molecular formula is C18H15F2N3O2S. The predicted octanol–water partition coefficient (Wildman–Crippen LogP) is 3.66. The average molecular weight is 375 g/mol. The van der Waals surface area contributed by atoms with E-state index in [1.807, 2.05) is 0 Å². The smallest absolute Gasteiger partial charge is 0.261 e. The van der Waals surface area contributed by atoms with Gasteiger partial charge in [0, 0.05) is 18.8 Å². The van der Waals surface area contributed by atoms with Gasteiger partial charge in [0.1, 0.15) is 17.2 Å². The van der Waals surface area contributed by atoms with Crippen LogP contribution < -0.4 is 10.2 Å². The number of hydrogen-bond donors (Lipinski definition) is 1. The second kappa shape index (κ2) is 6.97. The molecule has 26 heavy (non-hydrogen) atoms. The van der Waals surface area contributed by atoms with Crippen molar-refractivity contribution in [2.24, 2.45) is 0 Å². The van der Waals surface area contributed by atoms with Gasteiger partial charge in [-0.25, -0.2) is 13.8 Å². The molecular weight excluding hydrogens is 360 g/mol. The highest BCUT2D eigenvalue weighted by Gasteiger charge is 2.18. The number of ether oxygens (including phenoxy) is 1. The van der Waals surface area contributed by atoms with Crippen molar-refractivity contribution in [1.29, 1.82) is 0 Å². The minimum atomic E-state index is -0.893. The predicted molar refractivity (Wildman–Crippen MR) is 97.0 cm³/mol. The highest BCUT2D eigenvalue weighted by Crippen LogP contribution is 2.31. The lowest BCUT2D eigenvalue weighted by atomic mass is 10.1. The standard InChI is InChI=1S/C18H15F2N3O2S/c19-12-2-1-3-13(20)16(12)17(24)21-11-4-5-14-15(10-11)26-18(22-14)23-6-8-25-9-7-23/h1-5,10H,6-9H2,(H,21,24). The number of benzene rings is 2. The average Bonchev–Trinajstić information content (AvgIpc) is 3.06. The lowest BCUT2D eigenvalue weighted by Gasteiger charge is -2.25. The molecule has 0 unspecified atom stereocenters. The number of rotatable bonds is 3. The number of carbonyl (C=O) groups is 1. The molecule has 0 aliphatic carbocycles. The van der Waals surface area contributed by atoms with Gasteiger partial charge in [0.25, 0.3) is 5.91 Å². The molecule has 5 nitrogen and oxygen atoms in total. The maximum atomic E-state index is 13.7. The van der Waals surface area contributed by atoms with E-state index >= 15 is 0 Å². The Kier molecular flexibility index (Phi) is 4.52. The number of halogens is 2. The zero-order valence-corrected chi connectivity index (χ0v) is 14.5. The van der Waals surface area contributed by atoms with Crippen LogP contribution in [0.3, 0.4) is 0 Å². The summed E-state index contributed by atoms with van der Waals surface area (Å²) >= 11 is 1.51. The third-order valence-electron chi connectivity index (χ3n) is 4.11. The van der Waals surface area contributed by atoms with Gasteiger partial charge in [0.15, 0.2) is 5.13 Å². The van der Waals surface area contributed by atoms with Crippen LogP contribution in [0.5, 0.6) is 0 Å². The SMILES string of the molecule is O=C(Nc1ccc2nc(N3CCOCC3)sc2c1)c1c(F)cccc1F. The van der Waals surface area contributed by atoms with Crippen LogP contribution in [0.15, 0.2) is 36.4 Å². The quantitative estimate of drug-likeness (QED) is 0.759. The zero-order valence-electron chi connectivity index (χ0n) is 13.7. The molecule has 1 aromatic heterocycles. The molecule has 1 fully saturated rings. The van der Waals surface area contributed by atoms with Crippen molar-refractivity contribution in [3.8, 4) is 0 Å². The summed E-state index contributed by atoms with van der Waals surface area (Å²) in [6.45, 7) is 2.92. The first-order chi connectivity index (χ1) is 12.6. The van der Waals surface area contributed by atoms with Crippen LogP contribution in [0.4, 0.5) is 19.6 Å². The second-order valence-electron chi connectivity index (χ2n) is 5.83. The summed E-state index contributed by atoms with van der Waals surface area (Å²) in [5.74, 6) is -2.61. The van der Waals surface area contributed by atoms with Gasteiger partial charge in [-0.05, 0) is 30.3 Å². The molecule has 0 atom stereocenters. The van der Waals surface area contributed by atoms with E-state index in [4.69, 9.17) is 4.74 Å². The molecule has 1 aliphatic rings. The van der Waals surface area contributed by atoms with Crippen LogP contribution in [0.2, 0.25) is 0 Å². The molecule has 4 rings (SSSR count). The van der Waals surface area contributed by atoms with E-state index in [0.717, 1.165) is 40.6 Å². The Morgan fingerprint density at radius 1 is 1.15 bits per heavy atom. The van der Waals surface area contributed by atoms with Gasteiger partial charge in [-0.3, -0.25) is 4.79 Å². The maximum Gasteiger partial charge on any atom is 0.261 e. The van der Waals surface area contributed by atoms with Gasteiger partial charge in [-0.2, -0.15) is 0 Å². The number of carbonyl (C=O) groups excluding carboxylic acids is 1. The van der Waals surface area contributed by atoms with E-state index in [0.29, 0.717) is 18.9 Å². The van der Waals surface area contributed by atoms with Gasteiger partial charge in [-0.15, -0.1) is 0 Å². The minimum absolute atomic E-state index is 0.460. The Balaban J connectivity index is 1.58. The van der Waals surface area contributed by atoms with Crippen LogP contribution in [0.25, 0.3) is 10.2 Å². The Hall–Kier alpha value is -2.58. The number of fused-ring (bicyclic) bond motifs is 1. The molecule has 8 heteroatoms. The normalized spacial score (nSPS) is 14.6. The first-order valence-electron chi connectivity index (χ1n) is 8.10. The first kappa shape index (κ1) is 16.9. The van der Waals surface area contributed by atoms with Crippen LogP contribution in [0, 0.1) is 11.6 Å². The van der Waals surface area contributed by atoms with Crippen molar-refractivity contribution in [3.05, 3.63) is 53.6 Å². The van der Waals surface area contributed by atoms with Crippen molar-refractivity contribution < 1.29 is 18.3 Å². The fourth-order valence-electron chi connectivity index (χ4n) is 2.79. The highest BCUT2D eigenvalue weighted by atomic mass is 32.1. The van der Waals surface area contributed by atoms with E-state index in [-0.39, 0.29) is 0 Å². The fourth-order valence-corrected chi connectivity index (χ4v) is 3.84. The summed E-state index contributed by atoms with van der Waals surface area (Å²) in [5.41, 5.74) is 0.680. The topological polar surface area (TPSA) is 54.5 Å². The summed E-state index contributed by atoms with van der Waals surface area (Å²) < 4.78 is 33.7. The Morgan fingerprint density at radius 3 is 2.62 bits per heavy atom. The van der Waals surface area contributed by atoms with Crippen molar-refractivity contribution >= 4 is 38.3 Å². The Labute approximate surface area is 152 Å². The molecule has 2 heterocycles. The maximum absolute atomic E-state index is 13.7. The molecule has 1 saturated heterocycles. The zero-order chi connectivity index (χ0) is 18.1. The summed E-state index contributed by atoms with van der Waals surface area (Å²) in [5, 5.41) is 3.44. The van der Waals surface area contributed by atoms with Crippen molar-refractivity contribution in [2.45, 2.75) is 0 Å². The molecule has 0 bridgehead atoms. The first-order valence-corrected chi connectivity index (χ1v) is 8.92. The summed E-state index contributed by atoms with van der Waals surface area (Å²) in [6, 6.07) is 8.54. The third-order valence-corrected chi connectivity index (χ3v) is 5.19. The number of thiazole rings is 1. The second-order valence-corrected chi connectivity index (χ2v) is 6.84. The number of aromatic nitrogens is 1. The molecule has 0 radical (unpaired) electrons. The van der Waals surface area contributed by atoms with Gasteiger partial charge in [0.2, 0.25) is 0 Å². The Morgan fingerprint density at radius 2 is 1.88 bits per heavy atom. The summed E-state index contributed by atoms with van der Waals surface area (Å²) in [7, 11) is 0. The third kappa shape index (κ3) is 3.25. The van der Waals surface area contributed by atoms with E-state index in [1.54, 1.807) is 18.2 Å². The molecule has 1 aliphatic heterocycles. The van der Waals surface area contributed by atoms with E-state index in [2.05, 4.69) is 15.2 Å². The Bertz CT molecular complexity index is 950. The number of morpholine rings is 1. The van der Waals surface area contributed by atoms with E-state index in [1.165, 1.54) is 17.4 Å². The van der Waals surface area contributed by atoms with Gasteiger partial charge < -0.3 is 15.0 Å². The van der Waals surface area contributed by atoms with Gasteiger partial charge >= 0.3 is 0 Å². The highest BCUT2D eigenvalue weighted by molar-refractivity contribution is 7.22. The van der Waals surface area contributed by atoms with E-state index < -0.39 is 23.1 Å². The van der Waals surface area contributed by atoms with Gasteiger partial charge in [0.05, 0.1) is 23.4 Å². The largest absolute Gasteiger partial charge is 0.378 e. The van der Waals surface area contributed by atoms with E-state index in [9.17, 15) is 13.6 Å². The lowest BCUT2D eigenvalue weighted by molar-refractivity contribution is 0.101. The molecule has 0 spiro atoms. The lowest BCUT2D eigenvalue weighted by Crippen LogP contribution is -2.36. The van der Waals surface area contributed by atoms with Gasteiger partial charge in [-0.1, -0.05) is 17.4 Å². The van der Waals surface area contributed by atoms with Crippen molar-refractivity contribution in [3.63, 3.8) is 0 Å². The van der Waals surface area contributed by atoms with Crippen LogP contribution in [-0.2, 0) is 4.74 Å². The number of amides is 1. The molecule has 3 aromatic rings. The van der Waals surface area contributed by atoms with Crippen molar-refractivity contribution in [2.75, 3.05) is 36.5 Å². The minimum Gasteiger partial charge on any atom is -0.378 e. The van der Waals surface area contributed by atoms with Crippen LogP contribution in [0.1, 0.15) is 10.4 Å². The number of nitrogens with one attached hydrogen (secondary N) is 1. The molecule has 0 saturated carbocycles. The molecule has 2 aromatic carbocycles. The number of hydrogen-bond acceptors (Lipinski definition) is 5. The molecule has 134 valence electrons. The van der Waals surface area contributed by atoms with Crippen LogP contribution in [-0.4, -0.2) is 37.2 Å². The monoisotopic (exact) mass is 375 g/mol. The molecule has 1 amide bonds. The number of anilines is 2. The summed E-state index contributed by atoms with van der Waals surface area (Å²) in [6.07, 6.45) is 0. The molecule has 1 N–H and O–H groups in total. The van der Waals surface area contributed by atoms with Crippen molar-refractivity contribution in [1.82, 2.24) is 4.98 Å². The van der Waals surface area contributed by atoms with Crippen LogP contribution >= 0.6 is 11.3 Å². The number of nitrogens with zero attached hydrogens (tertiary/aromatic N) is 2. The summed E-state index contributed by atoms with van der Waals surface area (Å²) in [4.78, 5) is 19.0.